The number of allylic oxidation sites excluding steroid dienone is 1. The molecular formula is C15H20O2. The van der Waals surface area contributed by atoms with Gasteiger partial charge in [-0.2, -0.15) is 0 Å². The molecule has 1 aromatic carbocycles. The van der Waals surface area contributed by atoms with Gasteiger partial charge in [-0.1, -0.05) is 32.4 Å². The van der Waals surface area contributed by atoms with E-state index in [0.29, 0.717) is 5.75 Å². The first-order valence-electron chi connectivity index (χ1n) is 6.01. The molecule has 0 amide bonds. The van der Waals surface area contributed by atoms with E-state index >= 15 is 0 Å². The third-order valence-corrected chi connectivity index (χ3v) is 2.67. The van der Waals surface area contributed by atoms with Crippen LogP contribution in [0.25, 0.3) is 0 Å². The number of carbonyl (C=O) groups is 1. The molecule has 0 bridgehead atoms. The van der Waals surface area contributed by atoms with Gasteiger partial charge in [0.1, 0.15) is 5.75 Å². The van der Waals surface area contributed by atoms with Crippen LogP contribution in [0.1, 0.15) is 44.2 Å². The van der Waals surface area contributed by atoms with Gasteiger partial charge in [0.15, 0.2) is 0 Å². The third kappa shape index (κ3) is 4.06. The maximum Gasteiger partial charge on any atom is 0.308 e. The second-order valence-corrected chi connectivity index (χ2v) is 4.28. The summed E-state index contributed by atoms with van der Waals surface area (Å²) in [6, 6.07) is 6.00. The summed E-state index contributed by atoms with van der Waals surface area (Å²) < 4.78 is 5.16. The zero-order chi connectivity index (χ0) is 12.8. The van der Waals surface area contributed by atoms with Crippen LogP contribution in [0.15, 0.2) is 30.9 Å². The van der Waals surface area contributed by atoms with Crippen LogP contribution in [0.3, 0.4) is 0 Å². The molecule has 0 heterocycles. The number of carbonyl (C=O) groups excluding carboxylic acids is 1. The molecule has 17 heavy (non-hydrogen) atoms. The molecule has 0 aliphatic rings. The van der Waals surface area contributed by atoms with Crippen molar-refractivity contribution >= 4 is 5.97 Å². The predicted octanol–water partition coefficient (Wildman–Crippen LogP) is 3.85. The fourth-order valence-electron chi connectivity index (χ4n) is 1.74. The highest BCUT2D eigenvalue weighted by molar-refractivity contribution is 5.69. The van der Waals surface area contributed by atoms with Crippen molar-refractivity contribution < 1.29 is 9.53 Å². The van der Waals surface area contributed by atoms with Crippen molar-refractivity contribution in [2.24, 2.45) is 0 Å². The first-order valence-corrected chi connectivity index (χ1v) is 6.01. The number of benzene rings is 1. The van der Waals surface area contributed by atoms with E-state index < -0.39 is 0 Å². The van der Waals surface area contributed by atoms with Crippen LogP contribution >= 0.6 is 0 Å². The van der Waals surface area contributed by atoms with E-state index in [9.17, 15) is 4.79 Å². The summed E-state index contributed by atoms with van der Waals surface area (Å²) >= 11 is 0. The van der Waals surface area contributed by atoms with E-state index in [2.05, 4.69) is 26.5 Å². The van der Waals surface area contributed by atoms with Crippen molar-refractivity contribution in [2.45, 2.75) is 39.5 Å². The van der Waals surface area contributed by atoms with Crippen LogP contribution in [0.2, 0.25) is 0 Å². The Balaban J connectivity index is 3.08. The van der Waals surface area contributed by atoms with E-state index in [1.807, 2.05) is 18.2 Å². The lowest BCUT2D eigenvalue weighted by Gasteiger charge is -2.12. The first kappa shape index (κ1) is 13.5. The van der Waals surface area contributed by atoms with Gasteiger partial charge < -0.3 is 4.74 Å². The maximum absolute atomic E-state index is 11.0. The SMILES string of the molecule is C=CC(C)c1cc(CCC)cc(OC(C)=O)c1. The van der Waals surface area contributed by atoms with Gasteiger partial charge in [0.25, 0.3) is 0 Å². The summed E-state index contributed by atoms with van der Waals surface area (Å²) in [7, 11) is 0. The van der Waals surface area contributed by atoms with Gasteiger partial charge in [0.2, 0.25) is 0 Å². The minimum atomic E-state index is -0.282. The summed E-state index contributed by atoms with van der Waals surface area (Å²) in [6.45, 7) is 9.43. The van der Waals surface area contributed by atoms with Gasteiger partial charge in [-0.25, -0.2) is 0 Å². The van der Waals surface area contributed by atoms with Gasteiger partial charge in [0.05, 0.1) is 0 Å². The number of esters is 1. The van der Waals surface area contributed by atoms with Gasteiger partial charge in [-0.15, -0.1) is 6.58 Å². The lowest BCUT2D eigenvalue weighted by molar-refractivity contribution is -0.131. The highest BCUT2D eigenvalue weighted by atomic mass is 16.5. The number of aryl methyl sites for hydroxylation is 1. The van der Waals surface area contributed by atoms with Crippen LogP contribution in [-0.2, 0) is 11.2 Å². The Bertz CT molecular complexity index is 407. The summed E-state index contributed by atoms with van der Waals surface area (Å²) in [5.74, 6) is 0.615. The van der Waals surface area contributed by atoms with E-state index in [0.717, 1.165) is 18.4 Å². The molecule has 0 N–H and O–H groups in total. The van der Waals surface area contributed by atoms with Crippen LogP contribution in [0, 0.1) is 0 Å². The largest absolute Gasteiger partial charge is 0.427 e. The molecule has 0 spiro atoms. The number of ether oxygens (including phenoxy) is 1. The van der Waals surface area contributed by atoms with Gasteiger partial charge in [-0.3, -0.25) is 4.79 Å². The van der Waals surface area contributed by atoms with E-state index in [4.69, 9.17) is 4.74 Å². The average molecular weight is 232 g/mol. The molecule has 2 heteroatoms. The summed E-state index contributed by atoms with van der Waals surface area (Å²) in [6.07, 6.45) is 3.96. The molecule has 1 unspecified atom stereocenters. The molecule has 1 rings (SSSR count). The quantitative estimate of drug-likeness (QED) is 0.438. The molecule has 0 saturated carbocycles. The smallest absolute Gasteiger partial charge is 0.308 e. The molecule has 0 saturated heterocycles. The highest BCUT2D eigenvalue weighted by Gasteiger charge is 2.07. The predicted molar refractivity (Wildman–Crippen MR) is 70.4 cm³/mol. The number of hydrogen-bond acceptors (Lipinski definition) is 2. The third-order valence-electron chi connectivity index (χ3n) is 2.67. The topological polar surface area (TPSA) is 26.3 Å². The Kier molecular flexibility index (Phi) is 4.95. The van der Waals surface area contributed by atoms with Crippen molar-refractivity contribution in [1.82, 2.24) is 0 Å². The van der Waals surface area contributed by atoms with Crippen molar-refractivity contribution in [2.75, 3.05) is 0 Å². The summed E-state index contributed by atoms with van der Waals surface area (Å²) in [4.78, 5) is 11.0. The minimum absolute atomic E-state index is 0.265. The van der Waals surface area contributed by atoms with Gasteiger partial charge >= 0.3 is 5.97 Å². The Morgan fingerprint density at radius 1 is 1.47 bits per heavy atom. The van der Waals surface area contributed by atoms with Crippen LogP contribution < -0.4 is 4.74 Å². The highest BCUT2D eigenvalue weighted by Crippen LogP contribution is 2.25. The zero-order valence-electron chi connectivity index (χ0n) is 10.8. The normalized spacial score (nSPS) is 11.9. The second kappa shape index (κ2) is 6.24. The molecule has 0 aliphatic heterocycles. The minimum Gasteiger partial charge on any atom is -0.427 e. The monoisotopic (exact) mass is 232 g/mol. The van der Waals surface area contributed by atoms with E-state index in [1.54, 1.807) is 0 Å². The number of rotatable bonds is 5. The first-order chi connectivity index (χ1) is 8.06. The molecule has 0 aromatic heterocycles. The van der Waals surface area contributed by atoms with Crippen molar-refractivity contribution in [3.05, 3.63) is 42.0 Å². The summed E-state index contributed by atoms with van der Waals surface area (Å²) in [5, 5.41) is 0. The molecule has 0 radical (unpaired) electrons. The molecule has 0 fully saturated rings. The van der Waals surface area contributed by atoms with Gasteiger partial charge in [-0.05, 0) is 35.6 Å². The molecule has 1 atom stereocenters. The van der Waals surface area contributed by atoms with Crippen molar-refractivity contribution in [1.29, 1.82) is 0 Å². The fraction of sp³-hybridized carbons (Fsp3) is 0.400. The molecule has 0 aliphatic carbocycles. The second-order valence-electron chi connectivity index (χ2n) is 4.28. The Morgan fingerprint density at radius 2 is 2.18 bits per heavy atom. The maximum atomic E-state index is 11.0. The van der Waals surface area contributed by atoms with Gasteiger partial charge in [0, 0.05) is 6.92 Å². The zero-order valence-corrected chi connectivity index (χ0v) is 10.8. The average Bonchev–Trinajstić information content (AvgIpc) is 2.27. The Hall–Kier alpha value is -1.57. The molecule has 2 nitrogen and oxygen atoms in total. The van der Waals surface area contributed by atoms with Crippen LogP contribution in [0.5, 0.6) is 5.75 Å². The lowest BCUT2D eigenvalue weighted by atomic mass is 9.97. The Morgan fingerprint density at radius 3 is 2.71 bits per heavy atom. The lowest BCUT2D eigenvalue weighted by Crippen LogP contribution is -2.03. The number of hydrogen-bond donors (Lipinski definition) is 0. The standard InChI is InChI=1S/C15H20O2/c1-5-7-13-8-14(11(3)6-2)10-15(9-13)17-12(4)16/h6,8-11H,2,5,7H2,1,3-4H3. The van der Waals surface area contributed by atoms with Crippen LogP contribution in [0.4, 0.5) is 0 Å². The Labute approximate surface area is 103 Å². The van der Waals surface area contributed by atoms with Crippen molar-refractivity contribution in [3.8, 4) is 5.75 Å². The van der Waals surface area contributed by atoms with E-state index in [-0.39, 0.29) is 11.9 Å². The fourth-order valence-corrected chi connectivity index (χ4v) is 1.74. The summed E-state index contributed by atoms with van der Waals surface area (Å²) in [5.41, 5.74) is 2.34. The molecule has 1 aromatic rings. The van der Waals surface area contributed by atoms with E-state index in [1.165, 1.54) is 12.5 Å². The van der Waals surface area contributed by atoms with Crippen LogP contribution in [-0.4, -0.2) is 5.97 Å². The molecule has 92 valence electrons. The van der Waals surface area contributed by atoms with Crippen molar-refractivity contribution in [3.63, 3.8) is 0 Å². The molecular weight excluding hydrogens is 212 g/mol.